The van der Waals surface area contributed by atoms with Crippen LogP contribution in [0.5, 0.6) is 0 Å². The van der Waals surface area contributed by atoms with Crippen LogP contribution in [-0.2, 0) is 11.2 Å². The Hall–Kier alpha value is -0.940. The first-order valence-electron chi connectivity index (χ1n) is 6.44. The minimum atomic E-state index is -0.0990. The van der Waals surface area contributed by atoms with E-state index in [-0.39, 0.29) is 11.6 Å². The van der Waals surface area contributed by atoms with Crippen LogP contribution in [-0.4, -0.2) is 29.3 Å². The molecule has 18 heavy (non-hydrogen) atoms. The van der Waals surface area contributed by atoms with Gasteiger partial charge in [0.1, 0.15) is 6.10 Å². The maximum atomic E-state index is 5.37. The molecule has 0 saturated heterocycles. The zero-order valence-corrected chi connectivity index (χ0v) is 12.3. The second-order valence-electron chi connectivity index (χ2n) is 5.87. The Morgan fingerprint density at radius 3 is 2.50 bits per heavy atom. The van der Waals surface area contributed by atoms with Crippen LogP contribution in [0.2, 0.25) is 0 Å². The lowest BCUT2D eigenvalue weighted by atomic mass is 10.1. The Bertz CT molecular complexity index is 355. The van der Waals surface area contributed by atoms with Gasteiger partial charge < -0.3 is 14.6 Å². The van der Waals surface area contributed by atoms with Crippen LogP contribution in [0.4, 0.5) is 0 Å². The van der Waals surface area contributed by atoms with Crippen molar-refractivity contribution in [3.8, 4) is 0 Å². The van der Waals surface area contributed by atoms with Crippen LogP contribution in [0.3, 0.4) is 0 Å². The summed E-state index contributed by atoms with van der Waals surface area (Å²) in [4.78, 5) is 4.38. The molecule has 5 heteroatoms. The van der Waals surface area contributed by atoms with Gasteiger partial charge in [0.2, 0.25) is 11.7 Å². The molecule has 1 aromatic rings. The number of hydrogen-bond donors (Lipinski definition) is 1. The molecular formula is C13H25N3O2. The number of nitrogens with one attached hydrogen (secondary N) is 1. The Balaban J connectivity index is 2.53. The van der Waals surface area contributed by atoms with Crippen molar-refractivity contribution in [3.05, 3.63) is 11.7 Å². The quantitative estimate of drug-likeness (QED) is 0.845. The monoisotopic (exact) mass is 255 g/mol. The maximum absolute atomic E-state index is 5.37. The van der Waals surface area contributed by atoms with E-state index in [0.29, 0.717) is 17.6 Å². The van der Waals surface area contributed by atoms with Crippen molar-refractivity contribution in [2.45, 2.75) is 52.7 Å². The van der Waals surface area contributed by atoms with Gasteiger partial charge in [0.15, 0.2) is 0 Å². The van der Waals surface area contributed by atoms with Crippen molar-refractivity contribution in [2.24, 2.45) is 5.92 Å². The van der Waals surface area contributed by atoms with Gasteiger partial charge in [-0.2, -0.15) is 4.98 Å². The number of nitrogens with zero attached hydrogens (tertiary/aromatic N) is 2. The van der Waals surface area contributed by atoms with Gasteiger partial charge in [0, 0.05) is 25.6 Å². The van der Waals surface area contributed by atoms with E-state index in [1.165, 1.54) is 0 Å². The predicted molar refractivity (Wildman–Crippen MR) is 70.3 cm³/mol. The number of rotatable bonds is 6. The number of methoxy groups -OCH3 is 1. The van der Waals surface area contributed by atoms with Gasteiger partial charge in [-0.15, -0.1) is 0 Å². The standard InChI is InChI=1S/C13H25N3O2/c1-9(2)11(17-6)12-15-10(18-16-12)7-8-14-13(3,4)5/h9,11,14H,7-8H2,1-6H3. The van der Waals surface area contributed by atoms with Crippen LogP contribution in [0, 0.1) is 5.92 Å². The lowest BCUT2D eigenvalue weighted by molar-refractivity contribution is 0.0555. The average Bonchev–Trinajstić information content (AvgIpc) is 2.65. The molecule has 0 spiro atoms. The molecule has 0 bridgehead atoms. The Labute approximate surface area is 109 Å². The van der Waals surface area contributed by atoms with Gasteiger partial charge in [-0.05, 0) is 26.7 Å². The van der Waals surface area contributed by atoms with Gasteiger partial charge >= 0.3 is 0 Å². The zero-order chi connectivity index (χ0) is 13.8. The fraction of sp³-hybridized carbons (Fsp3) is 0.846. The van der Waals surface area contributed by atoms with Crippen molar-refractivity contribution in [2.75, 3.05) is 13.7 Å². The Kier molecular flexibility index (Phi) is 5.28. The summed E-state index contributed by atoms with van der Waals surface area (Å²) in [5, 5.41) is 7.37. The molecular weight excluding hydrogens is 230 g/mol. The summed E-state index contributed by atoms with van der Waals surface area (Å²) in [6, 6.07) is 0. The summed E-state index contributed by atoms with van der Waals surface area (Å²) in [7, 11) is 1.67. The number of aromatic nitrogens is 2. The van der Waals surface area contributed by atoms with Gasteiger partial charge in [-0.1, -0.05) is 19.0 Å². The highest BCUT2D eigenvalue weighted by atomic mass is 16.5. The summed E-state index contributed by atoms with van der Waals surface area (Å²) in [6.07, 6.45) is 0.636. The first-order chi connectivity index (χ1) is 8.33. The molecule has 1 rings (SSSR count). The Morgan fingerprint density at radius 1 is 1.33 bits per heavy atom. The molecule has 1 heterocycles. The first-order valence-corrected chi connectivity index (χ1v) is 6.44. The van der Waals surface area contributed by atoms with E-state index >= 15 is 0 Å². The molecule has 0 amide bonds. The average molecular weight is 255 g/mol. The molecule has 1 N–H and O–H groups in total. The van der Waals surface area contributed by atoms with Gasteiger partial charge in [0.05, 0.1) is 0 Å². The van der Waals surface area contributed by atoms with E-state index in [1.807, 2.05) is 0 Å². The largest absolute Gasteiger partial charge is 0.373 e. The lowest BCUT2D eigenvalue weighted by Crippen LogP contribution is -2.37. The highest BCUT2D eigenvalue weighted by Crippen LogP contribution is 2.22. The van der Waals surface area contributed by atoms with E-state index in [2.05, 4.69) is 50.1 Å². The van der Waals surface area contributed by atoms with E-state index in [4.69, 9.17) is 9.26 Å². The topological polar surface area (TPSA) is 60.2 Å². The summed E-state index contributed by atoms with van der Waals surface area (Å²) >= 11 is 0. The molecule has 1 atom stereocenters. The second kappa shape index (κ2) is 6.29. The molecule has 0 fully saturated rings. The zero-order valence-electron chi connectivity index (χ0n) is 12.3. The molecule has 0 saturated carbocycles. The minimum Gasteiger partial charge on any atom is -0.373 e. The van der Waals surface area contributed by atoms with Crippen LogP contribution < -0.4 is 5.32 Å². The minimum absolute atomic E-state index is 0.0990. The molecule has 104 valence electrons. The van der Waals surface area contributed by atoms with Crippen molar-refractivity contribution in [1.29, 1.82) is 0 Å². The molecule has 1 aromatic heterocycles. The molecule has 5 nitrogen and oxygen atoms in total. The predicted octanol–water partition coefficient (Wildman–Crippen LogP) is 2.34. The second-order valence-corrected chi connectivity index (χ2v) is 5.87. The van der Waals surface area contributed by atoms with Gasteiger partial charge in [-0.3, -0.25) is 0 Å². The molecule has 0 aromatic carbocycles. The fourth-order valence-electron chi connectivity index (χ4n) is 1.71. The molecule has 1 unspecified atom stereocenters. The third kappa shape index (κ3) is 4.74. The summed E-state index contributed by atoms with van der Waals surface area (Å²) in [5.41, 5.74) is 0.107. The van der Waals surface area contributed by atoms with Crippen LogP contribution in [0.15, 0.2) is 4.52 Å². The van der Waals surface area contributed by atoms with E-state index < -0.39 is 0 Å². The highest BCUT2D eigenvalue weighted by Gasteiger charge is 2.21. The molecule has 0 aliphatic carbocycles. The number of ether oxygens (including phenoxy) is 1. The molecule has 0 radical (unpaired) electrons. The molecule has 0 aliphatic heterocycles. The van der Waals surface area contributed by atoms with Crippen molar-refractivity contribution in [3.63, 3.8) is 0 Å². The van der Waals surface area contributed by atoms with Crippen molar-refractivity contribution >= 4 is 0 Å². The van der Waals surface area contributed by atoms with Crippen molar-refractivity contribution in [1.82, 2.24) is 15.5 Å². The van der Waals surface area contributed by atoms with Crippen molar-refractivity contribution < 1.29 is 9.26 Å². The third-order valence-electron chi connectivity index (χ3n) is 2.59. The van der Waals surface area contributed by atoms with E-state index in [1.54, 1.807) is 7.11 Å². The van der Waals surface area contributed by atoms with E-state index in [9.17, 15) is 0 Å². The van der Waals surface area contributed by atoms with Crippen LogP contribution in [0.25, 0.3) is 0 Å². The molecule has 0 aliphatic rings. The SMILES string of the molecule is COC(c1noc(CCNC(C)(C)C)n1)C(C)C. The smallest absolute Gasteiger partial charge is 0.228 e. The third-order valence-corrected chi connectivity index (χ3v) is 2.59. The Morgan fingerprint density at radius 2 is 2.00 bits per heavy atom. The maximum Gasteiger partial charge on any atom is 0.228 e. The van der Waals surface area contributed by atoms with Crippen LogP contribution >= 0.6 is 0 Å². The first kappa shape index (κ1) is 15.1. The fourth-order valence-corrected chi connectivity index (χ4v) is 1.71. The lowest BCUT2D eigenvalue weighted by Gasteiger charge is -2.19. The number of hydrogen-bond acceptors (Lipinski definition) is 5. The van der Waals surface area contributed by atoms with Gasteiger partial charge in [0.25, 0.3) is 0 Å². The summed E-state index contributed by atoms with van der Waals surface area (Å²) < 4.78 is 10.6. The summed E-state index contributed by atoms with van der Waals surface area (Å²) in [5.74, 6) is 1.62. The van der Waals surface area contributed by atoms with Gasteiger partial charge in [-0.25, -0.2) is 0 Å². The highest BCUT2D eigenvalue weighted by molar-refractivity contribution is 4.93. The van der Waals surface area contributed by atoms with E-state index in [0.717, 1.165) is 13.0 Å². The normalized spacial score (nSPS) is 14.2. The summed E-state index contributed by atoms with van der Waals surface area (Å²) in [6.45, 7) is 11.4. The van der Waals surface area contributed by atoms with Crippen LogP contribution in [0.1, 0.15) is 52.4 Å².